The SMILES string of the molecule is CC1(C)O[C@H]2[C@@H](O1)[C@@H](COC(=O)c1ccccc1)O[C@@H](O[C@H]1[C@H](O)[C@@H](OC(=O)c3ccccc3)[C@H](O)O[C@@H]1COC(=O)c1ccccc1)[C@@H]2OC(=O)c1ccccc1. The zero-order valence-corrected chi connectivity index (χ0v) is 31.4. The molecule has 0 amide bonds. The molecule has 3 aliphatic rings. The van der Waals surface area contributed by atoms with Crippen molar-refractivity contribution in [3.8, 4) is 0 Å². The zero-order valence-electron chi connectivity index (χ0n) is 31.4. The highest BCUT2D eigenvalue weighted by Crippen LogP contribution is 2.41. The molecule has 7 rings (SSSR count). The van der Waals surface area contributed by atoms with Crippen molar-refractivity contribution in [2.45, 2.75) is 81.0 Å². The first-order chi connectivity index (χ1) is 28.0. The van der Waals surface area contributed by atoms with Crippen molar-refractivity contribution in [2.75, 3.05) is 13.2 Å². The number of rotatable bonds is 12. The van der Waals surface area contributed by atoms with Crippen LogP contribution in [0.4, 0.5) is 0 Å². The van der Waals surface area contributed by atoms with Gasteiger partial charge in [-0.25, -0.2) is 19.2 Å². The third-order valence-electron chi connectivity index (χ3n) is 9.64. The number of carbonyl (C=O) groups is 4. The number of aliphatic hydroxyl groups excluding tert-OH is 2. The summed E-state index contributed by atoms with van der Waals surface area (Å²) in [4.78, 5) is 52.8. The quantitative estimate of drug-likeness (QED) is 0.155. The van der Waals surface area contributed by atoms with Crippen LogP contribution in [0.25, 0.3) is 0 Å². The van der Waals surface area contributed by atoms with Crippen LogP contribution in [0.1, 0.15) is 55.3 Å². The second-order valence-electron chi connectivity index (χ2n) is 14.2. The Labute approximate surface area is 333 Å². The number of ether oxygens (including phenoxy) is 9. The summed E-state index contributed by atoms with van der Waals surface area (Å²) < 4.78 is 54.0. The van der Waals surface area contributed by atoms with E-state index in [2.05, 4.69) is 0 Å². The first-order valence-electron chi connectivity index (χ1n) is 18.6. The second kappa shape index (κ2) is 18.0. The minimum Gasteiger partial charge on any atom is -0.459 e. The number of benzene rings is 4. The molecule has 304 valence electrons. The van der Waals surface area contributed by atoms with Gasteiger partial charge in [0, 0.05) is 0 Å². The molecule has 3 saturated heterocycles. The van der Waals surface area contributed by atoms with Gasteiger partial charge >= 0.3 is 23.9 Å². The Morgan fingerprint density at radius 3 is 1.43 bits per heavy atom. The van der Waals surface area contributed by atoms with E-state index < -0.39 is 97.7 Å². The van der Waals surface area contributed by atoms with Crippen LogP contribution in [-0.2, 0) is 42.6 Å². The normalized spacial score (nSPS) is 28.7. The van der Waals surface area contributed by atoms with E-state index in [0.717, 1.165) is 0 Å². The molecule has 3 fully saturated rings. The van der Waals surface area contributed by atoms with Gasteiger partial charge in [0.1, 0.15) is 49.8 Å². The minimum atomic E-state index is -1.91. The Morgan fingerprint density at radius 1 is 0.534 bits per heavy atom. The molecule has 15 heteroatoms. The van der Waals surface area contributed by atoms with Crippen molar-refractivity contribution in [3.05, 3.63) is 144 Å². The van der Waals surface area contributed by atoms with Gasteiger partial charge in [0.15, 0.2) is 30.6 Å². The van der Waals surface area contributed by atoms with Crippen LogP contribution in [-0.4, -0.2) is 115 Å². The van der Waals surface area contributed by atoms with Crippen molar-refractivity contribution in [3.63, 3.8) is 0 Å². The fourth-order valence-corrected chi connectivity index (χ4v) is 6.86. The number of hydrogen-bond acceptors (Lipinski definition) is 15. The smallest absolute Gasteiger partial charge is 0.338 e. The Bertz CT molecular complexity index is 2010. The predicted molar refractivity (Wildman–Crippen MR) is 199 cm³/mol. The predicted octanol–water partition coefficient (Wildman–Crippen LogP) is 3.86. The molecule has 2 N–H and O–H groups in total. The van der Waals surface area contributed by atoms with Crippen molar-refractivity contribution < 1.29 is 72.0 Å². The highest BCUT2D eigenvalue weighted by molar-refractivity contribution is 5.91. The number of hydrogen-bond donors (Lipinski definition) is 2. The van der Waals surface area contributed by atoms with Gasteiger partial charge in [0.05, 0.1) is 22.3 Å². The van der Waals surface area contributed by atoms with Gasteiger partial charge in [0.25, 0.3) is 0 Å². The van der Waals surface area contributed by atoms with E-state index >= 15 is 0 Å². The number of carbonyl (C=O) groups excluding carboxylic acids is 4. The number of aliphatic hydroxyl groups is 2. The molecular formula is C43H42O15. The molecule has 58 heavy (non-hydrogen) atoms. The molecule has 0 radical (unpaired) electrons. The molecule has 3 aliphatic heterocycles. The van der Waals surface area contributed by atoms with Crippen LogP contribution >= 0.6 is 0 Å². The number of esters is 4. The molecule has 0 aromatic heterocycles. The van der Waals surface area contributed by atoms with Crippen LogP contribution in [0, 0.1) is 0 Å². The first kappa shape index (κ1) is 40.7. The van der Waals surface area contributed by atoms with Gasteiger partial charge in [-0.3, -0.25) is 0 Å². The van der Waals surface area contributed by atoms with Crippen LogP contribution in [0.15, 0.2) is 121 Å². The molecule has 0 unspecified atom stereocenters. The van der Waals surface area contributed by atoms with E-state index in [1.807, 2.05) is 0 Å². The monoisotopic (exact) mass is 798 g/mol. The summed E-state index contributed by atoms with van der Waals surface area (Å²) in [5.74, 6) is -4.29. The maximum atomic E-state index is 13.6. The molecule has 0 aliphatic carbocycles. The number of fused-ring (bicyclic) bond motifs is 1. The van der Waals surface area contributed by atoms with Gasteiger partial charge in [-0.15, -0.1) is 0 Å². The van der Waals surface area contributed by atoms with Gasteiger partial charge in [-0.1, -0.05) is 72.8 Å². The molecule has 0 saturated carbocycles. The van der Waals surface area contributed by atoms with Gasteiger partial charge in [-0.05, 0) is 62.4 Å². The van der Waals surface area contributed by atoms with Crippen LogP contribution in [0.2, 0.25) is 0 Å². The van der Waals surface area contributed by atoms with Crippen LogP contribution in [0.5, 0.6) is 0 Å². The Balaban J connectivity index is 1.20. The van der Waals surface area contributed by atoms with Crippen molar-refractivity contribution >= 4 is 23.9 Å². The lowest BCUT2D eigenvalue weighted by Crippen LogP contribution is -2.65. The Hall–Kier alpha value is -5.52. The summed E-state index contributed by atoms with van der Waals surface area (Å²) in [6.07, 6.45) is -14.7. The Morgan fingerprint density at radius 2 is 0.948 bits per heavy atom. The van der Waals surface area contributed by atoms with E-state index in [1.165, 1.54) is 24.3 Å². The summed E-state index contributed by atoms with van der Waals surface area (Å²) in [5, 5.41) is 23.0. The highest BCUT2D eigenvalue weighted by Gasteiger charge is 2.59. The largest absolute Gasteiger partial charge is 0.459 e. The van der Waals surface area contributed by atoms with Gasteiger partial charge in [-0.2, -0.15) is 0 Å². The molecule has 15 nitrogen and oxygen atoms in total. The average Bonchev–Trinajstić information content (AvgIpc) is 3.58. The fourth-order valence-electron chi connectivity index (χ4n) is 6.86. The topological polar surface area (TPSA) is 192 Å². The van der Waals surface area contributed by atoms with Crippen molar-refractivity contribution in [2.24, 2.45) is 0 Å². The third-order valence-corrected chi connectivity index (χ3v) is 9.64. The lowest BCUT2D eigenvalue weighted by Gasteiger charge is -2.46. The van der Waals surface area contributed by atoms with E-state index in [-0.39, 0.29) is 28.9 Å². The minimum absolute atomic E-state index is 0.127. The summed E-state index contributed by atoms with van der Waals surface area (Å²) in [5.41, 5.74) is 0.820. The maximum Gasteiger partial charge on any atom is 0.338 e. The molecule has 4 aromatic carbocycles. The molecule has 10 atom stereocenters. The van der Waals surface area contributed by atoms with E-state index in [0.29, 0.717) is 0 Å². The molecule has 0 bridgehead atoms. The van der Waals surface area contributed by atoms with Crippen LogP contribution < -0.4 is 0 Å². The lowest BCUT2D eigenvalue weighted by molar-refractivity contribution is -0.346. The zero-order chi connectivity index (χ0) is 40.8. The summed E-state index contributed by atoms with van der Waals surface area (Å²) in [7, 11) is 0. The summed E-state index contributed by atoms with van der Waals surface area (Å²) >= 11 is 0. The standard InChI is InChI=1S/C43H42O15/c1-43(2)57-33-30(24-51-38(46)26-17-9-4-10-18-26)53-42(36(35(33)58-43)55-40(48)28-21-13-6-14-22-28)56-32-29(23-50-37(45)25-15-7-3-8-16-25)52-41(49)34(31(32)44)54-39(47)27-19-11-5-12-20-27/h3-22,29-36,41-42,44,49H,23-24H2,1-2H3/t29-,30-,31+,32-,33+,34-,35+,36-,41-,42+/m1/s1. The van der Waals surface area contributed by atoms with E-state index in [1.54, 1.807) is 111 Å². The maximum absolute atomic E-state index is 13.6. The van der Waals surface area contributed by atoms with Crippen molar-refractivity contribution in [1.82, 2.24) is 0 Å². The summed E-state index contributed by atoms with van der Waals surface area (Å²) in [6, 6.07) is 32.4. The second-order valence-corrected chi connectivity index (χ2v) is 14.2. The first-order valence-corrected chi connectivity index (χ1v) is 18.6. The van der Waals surface area contributed by atoms with Crippen LogP contribution in [0.3, 0.4) is 0 Å². The summed E-state index contributed by atoms with van der Waals surface area (Å²) in [6.45, 7) is 2.36. The molecular weight excluding hydrogens is 756 g/mol. The molecule has 4 aromatic rings. The lowest BCUT2D eigenvalue weighted by atomic mass is 9.96. The van der Waals surface area contributed by atoms with E-state index in [9.17, 15) is 29.4 Å². The molecule has 3 heterocycles. The van der Waals surface area contributed by atoms with E-state index in [4.69, 9.17) is 42.6 Å². The molecule has 0 spiro atoms. The fraction of sp³-hybridized carbons (Fsp3) is 0.349. The Kier molecular flexibility index (Phi) is 12.6. The average molecular weight is 799 g/mol. The van der Waals surface area contributed by atoms with Gasteiger partial charge in [0.2, 0.25) is 0 Å². The highest BCUT2D eigenvalue weighted by atomic mass is 16.8. The van der Waals surface area contributed by atoms with Gasteiger partial charge < -0.3 is 52.8 Å². The third kappa shape index (κ3) is 9.43. The van der Waals surface area contributed by atoms with Crippen molar-refractivity contribution in [1.29, 1.82) is 0 Å².